The smallest absolute Gasteiger partial charge is 0.254 e. The van der Waals surface area contributed by atoms with Crippen LogP contribution in [0, 0.1) is 0 Å². The molecule has 0 saturated heterocycles. The number of ether oxygens (including phenoxy) is 1. The highest BCUT2D eigenvalue weighted by atomic mass is 16.5. The molecule has 1 amide bonds. The average molecular weight is 375 g/mol. The minimum absolute atomic E-state index is 0.00116. The molecule has 0 aliphatic carbocycles. The zero-order valence-corrected chi connectivity index (χ0v) is 16.3. The summed E-state index contributed by atoms with van der Waals surface area (Å²) in [6.45, 7) is 3.85. The Morgan fingerprint density at radius 3 is 2.46 bits per heavy atom. The standard InChI is InChI=1S/C23H25N3O2/c1-3-26(17-19-7-5-4-6-8-19)23(27)20-13-14-24-22(15-20)25-16-18-9-11-21(28-2)12-10-18/h4-15H,3,16-17H2,1-2H3,(H,24,25). The molecule has 1 N–H and O–H groups in total. The molecular weight excluding hydrogens is 350 g/mol. The Bertz CT molecular complexity index is 895. The van der Waals surface area contributed by atoms with Crippen molar-refractivity contribution in [3.05, 3.63) is 89.6 Å². The number of nitrogens with one attached hydrogen (secondary N) is 1. The fourth-order valence-electron chi connectivity index (χ4n) is 2.91. The highest BCUT2D eigenvalue weighted by Crippen LogP contribution is 2.15. The molecule has 1 heterocycles. The zero-order chi connectivity index (χ0) is 19.8. The summed E-state index contributed by atoms with van der Waals surface area (Å²) in [5.41, 5.74) is 2.85. The van der Waals surface area contributed by atoms with E-state index in [1.54, 1.807) is 25.4 Å². The van der Waals surface area contributed by atoms with E-state index in [4.69, 9.17) is 4.74 Å². The molecule has 0 saturated carbocycles. The molecule has 0 fully saturated rings. The molecule has 0 unspecified atom stereocenters. The minimum Gasteiger partial charge on any atom is -0.497 e. The van der Waals surface area contributed by atoms with Gasteiger partial charge in [0, 0.05) is 31.4 Å². The normalized spacial score (nSPS) is 10.4. The van der Waals surface area contributed by atoms with Gasteiger partial charge in [-0.3, -0.25) is 4.79 Å². The average Bonchev–Trinajstić information content (AvgIpc) is 2.77. The Balaban J connectivity index is 1.66. The van der Waals surface area contributed by atoms with Crippen LogP contribution in [-0.2, 0) is 13.1 Å². The number of aromatic nitrogens is 1. The first kappa shape index (κ1) is 19.4. The number of methoxy groups -OCH3 is 1. The molecule has 1 aromatic heterocycles. The number of rotatable bonds is 8. The molecule has 0 atom stereocenters. The lowest BCUT2D eigenvalue weighted by molar-refractivity contribution is 0.0752. The van der Waals surface area contributed by atoms with Gasteiger partial charge in [0.15, 0.2) is 0 Å². The topological polar surface area (TPSA) is 54.5 Å². The molecule has 5 nitrogen and oxygen atoms in total. The number of anilines is 1. The second-order valence-electron chi connectivity index (χ2n) is 6.44. The number of carbonyl (C=O) groups is 1. The van der Waals surface area contributed by atoms with E-state index in [9.17, 15) is 4.79 Å². The lowest BCUT2D eigenvalue weighted by Gasteiger charge is -2.21. The number of benzene rings is 2. The Hall–Kier alpha value is -3.34. The Morgan fingerprint density at radius 2 is 1.79 bits per heavy atom. The molecule has 28 heavy (non-hydrogen) atoms. The van der Waals surface area contributed by atoms with Gasteiger partial charge in [-0.15, -0.1) is 0 Å². The van der Waals surface area contributed by atoms with Crippen LogP contribution in [0.4, 0.5) is 5.82 Å². The predicted octanol–water partition coefficient (Wildman–Crippen LogP) is 4.36. The van der Waals surface area contributed by atoms with Crippen molar-refractivity contribution in [3.63, 3.8) is 0 Å². The summed E-state index contributed by atoms with van der Waals surface area (Å²) in [6, 6.07) is 21.4. The summed E-state index contributed by atoms with van der Waals surface area (Å²) in [5.74, 6) is 1.51. The van der Waals surface area contributed by atoms with Crippen molar-refractivity contribution in [1.82, 2.24) is 9.88 Å². The maximum absolute atomic E-state index is 12.9. The summed E-state index contributed by atoms with van der Waals surface area (Å²) >= 11 is 0. The lowest BCUT2D eigenvalue weighted by atomic mass is 10.1. The zero-order valence-electron chi connectivity index (χ0n) is 16.3. The molecule has 5 heteroatoms. The van der Waals surface area contributed by atoms with Crippen molar-refractivity contribution in [3.8, 4) is 5.75 Å². The van der Waals surface area contributed by atoms with Crippen molar-refractivity contribution in [1.29, 1.82) is 0 Å². The van der Waals surface area contributed by atoms with E-state index < -0.39 is 0 Å². The van der Waals surface area contributed by atoms with E-state index in [2.05, 4.69) is 10.3 Å². The molecule has 3 rings (SSSR count). The van der Waals surface area contributed by atoms with Crippen molar-refractivity contribution in [2.45, 2.75) is 20.0 Å². The summed E-state index contributed by atoms with van der Waals surface area (Å²) in [6.07, 6.45) is 1.67. The van der Waals surface area contributed by atoms with Crippen LogP contribution in [0.3, 0.4) is 0 Å². The van der Waals surface area contributed by atoms with E-state index in [0.717, 1.165) is 16.9 Å². The van der Waals surface area contributed by atoms with E-state index in [1.807, 2.05) is 66.4 Å². The third-order valence-corrected chi connectivity index (χ3v) is 4.52. The van der Waals surface area contributed by atoms with Gasteiger partial charge >= 0.3 is 0 Å². The Kier molecular flexibility index (Phi) is 6.63. The number of carbonyl (C=O) groups excluding carboxylic acids is 1. The maximum atomic E-state index is 12.9. The van der Waals surface area contributed by atoms with Gasteiger partial charge in [0.1, 0.15) is 11.6 Å². The SMILES string of the molecule is CCN(Cc1ccccc1)C(=O)c1ccnc(NCc2ccc(OC)cc2)c1. The number of nitrogens with zero attached hydrogens (tertiary/aromatic N) is 2. The highest BCUT2D eigenvalue weighted by Gasteiger charge is 2.15. The van der Waals surface area contributed by atoms with Gasteiger partial charge in [-0.1, -0.05) is 42.5 Å². The lowest BCUT2D eigenvalue weighted by Crippen LogP contribution is -2.30. The van der Waals surface area contributed by atoms with Crippen molar-refractivity contribution in [2.75, 3.05) is 19.0 Å². The van der Waals surface area contributed by atoms with Gasteiger partial charge in [0.2, 0.25) is 0 Å². The third kappa shape index (κ3) is 5.10. The van der Waals surface area contributed by atoms with Crippen molar-refractivity contribution in [2.24, 2.45) is 0 Å². The number of pyridine rings is 1. The van der Waals surface area contributed by atoms with Crippen LogP contribution >= 0.6 is 0 Å². The van der Waals surface area contributed by atoms with E-state index in [0.29, 0.717) is 31.0 Å². The van der Waals surface area contributed by atoms with Gasteiger partial charge in [0.05, 0.1) is 7.11 Å². The molecule has 0 aliphatic heterocycles. The van der Waals surface area contributed by atoms with Crippen LogP contribution in [-0.4, -0.2) is 29.4 Å². The van der Waals surface area contributed by atoms with Crippen molar-refractivity contribution < 1.29 is 9.53 Å². The van der Waals surface area contributed by atoms with Gasteiger partial charge in [-0.2, -0.15) is 0 Å². The van der Waals surface area contributed by atoms with E-state index in [-0.39, 0.29) is 5.91 Å². The summed E-state index contributed by atoms with van der Waals surface area (Å²) < 4.78 is 5.17. The minimum atomic E-state index is 0.00116. The van der Waals surface area contributed by atoms with Crippen LogP contribution in [0.15, 0.2) is 72.9 Å². The fourth-order valence-corrected chi connectivity index (χ4v) is 2.91. The summed E-state index contributed by atoms with van der Waals surface area (Å²) in [7, 11) is 1.65. The number of amides is 1. The predicted molar refractivity (Wildman–Crippen MR) is 111 cm³/mol. The first-order valence-corrected chi connectivity index (χ1v) is 9.35. The second-order valence-corrected chi connectivity index (χ2v) is 6.44. The second kappa shape index (κ2) is 9.55. The van der Waals surface area contributed by atoms with Gasteiger partial charge in [-0.25, -0.2) is 4.98 Å². The Morgan fingerprint density at radius 1 is 1.04 bits per heavy atom. The molecule has 144 valence electrons. The van der Waals surface area contributed by atoms with Crippen LogP contribution in [0.2, 0.25) is 0 Å². The van der Waals surface area contributed by atoms with Crippen LogP contribution in [0.5, 0.6) is 5.75 Å². The first-order valence-electron chi connectivity index (χ1n) is 9.35. The summed E-state index contributed by atoms with van der Waals surface area (Å²) in [4.78, 5) is 19.1. The number of hydrogen-bond acceptors (Lipinski definition) is 4. The van der Waals surface area contributed by atoms with Gasteiger partial charge < -0.3 is 15.0 Å². The monoisotopic (exact) mass is 375 g/mol. The molecule has 0 aliphatic rings. The largest absolute Gasteiger partial charge is 0.497 e. The summed E-state index contributed by atoms with van der Waals surface area (Å²) in [5, 5.41) is 3.28. The van der Waals surface area contributed by atoms with E-state index in [1.165, 1.54) is 0 Å². The van der Waals surface area contributed by atoms with Crippen LogP contribution in [0.25, 0.3) is 0 Å². The van der Waals surface area contributed by atoms with Crippen LogP contribution < -0.4 is 10.1 Å². The quantitative estimate of drug-likeness (QED) is 0.635. The first-order chi connectivity index (χ1) is 13.7. The molecule has 0 bridgehead atoms. The molecule has 0 radical (unpaired) electrons. The molecule has 2 aromatic carbocycles. The third-order valence-electron chi connectivity index (χ3n) is 4.52. The van der Waals surface area contributed by atoms with Crippen molar-refractivity contribution >= 4 is 11.7 Å². The maximum Gasteiger partial charge on any atom is 0.254 e. The number of hydrogen-bond donors (Lipinski definition) is 1. The van der Waals surface area contributed by atoms with Gasteiger partial charge in [0.25, 0.3) is 5.91 Å². The highest BCUT2D eigenvalue weighted by molar-refractivity contribution is 5.94. The molecule has 3 aromatic rings. The Labute approximate surface area is 166 Å². The van der Waals surface area contributed by atoms with Crippen LogP contribution in [0.1, 0.15) is 28.4 Å². The molecular formula is C23H25N3O2. The molecule has 0 spiro atoms. The van der Waals surface area contributed by atoms with Gasteiger partial charge in [-0.05, 0) is 42.3 Å². The van der Waals surface area contributed by atoms with E-state index >= 15 is 0 Å². The fraction of sp³-hybridized carbons (Fsp3) is 0.217.